The van der Waals surface area contributed by atoms with Gasteiger partial charge in [-0.25, -0.2) is 0 Å². The fourth-order valence-electron chi connectivity index (χ4n) is 1.33. The summed E-state index contributed by atoms with van der Waals surface area (Å²) in [6.45, 7) is 3.69. The van der Waals surface area contributed by atoms with E-state index in [0.717, 1.165) is 16.5 Å². The Hall–Kier alpha value is -1.56. The van der Waals surface area contributed by atoms with Crippen LogP contribution in [-0.4, -0.2) is 18.4 Å². The van der Waals surface area contributed by atoms with Gasteiger partial charge in [0.1, 0.15) is 5.75 Å². The van der Waals surface area contributed by atoms with Gasteiger partial charge in [0.2, 0.25) is 5.91 Å². The van der Waals surface area contributed by atoms with Gasteiger partial charge in [-0.15, -0.1) is 0 Å². The summed E-state index contributed by atoms with van der Waals surface area (Å²) in [5, 5.41) is 0. The molecule has 0 aliphatic heterocycles. The van der Waals surface area contributed by atoms with E-state index in [4.69, 9.17) is 4.74 Å². The molecule has 5 nitrogen and oxygen atoms in total. The number of nitrogens with one attached hydrogen (secondary N) is 2. The lowest BCUT2D eigenvalue weighted by atomic mass is 10.2. The number of aryl methyl sites for hydroxylation is 1. The second-order valence-corrected chi connectivity index (χ2v) is 4.92. The number of amides is 2. The highest BCUT2D eigenvalue weighted by Gasteiger charge is 2.06. The first kappa shape index (κ1) is 15.5. The maximum absolute atomic E-state index is 11.4. The van der Waals surface area contributed by atoms with Gasteiger partial charge in [0.05, 0.1) is 4.47 Å². The van der Waals surface area contributed by atoms with Crippen LogP contribution in [0.1, 0.15) is 25.3 Å². The van der Waals surface area contributed by atoms with Gasteiger partial charge in [-0.2, -0.15) is 0 Å². The largest absolute Gasteiger partial charge is 0.483 e. The molecule has 0 saturated carbocycles. The lowest BCUT2D eigenvalue weighted by molar-refractivity contribution is -0.130. The number of ether oxygens (including phenoxy) is 1. The Balaban J connectivity index is 2.36. The van der Waals surface area contributed by atoms with E-state index in [1.54, 1.807) is 6.07 Å². The number of carbonyl (C=O) groups excluding carboxylic acids is 2. The van der Waals surface area contributed by atoms with Gasteiger partial charge in [0.25, 0.3) is 5.91 Å². The molecule has 0 heterocycles. The Morgan fingerprint density at radius 2 is 1.95 bits per heavy atom. The maximum atomic E-state index is 11.4. The Morgan fingerprint density at radius 3 is 2.58 bits per heavy atom. The monoisotopic (exact) mass is 328 g/mol. The van der Waals surface area contributed by atoms with Crippen molar-refractivity contribution < 1.29 is 14.3 Å². The summed E-state index contributed by atoms with van der Waals surface area (Å²) in [5.41, 5.74) is 5.70. The third-order valence-electron chi connectivity index (χ3n) is 2.26. The zero-order valence-corrected chi connectivity index (χ0v) is 12.5. The Morgan fingerprint density at radius 1 is 1.26 bits per heavy atom. The van der Waals surface area contributed by atoms with Crippen molar-refractivity contribution in [3.8, 4) is 5.75 Å². The first-order valence-electron chi connectivity index (χ1n) is 5.99. The van der Waals surface area contributed by atoms with Crippen LogP contribution in [0.15, 0.2) is 22.7 Å². The number of rotatable bonds is 5. The highest BCUT2D eigenvalue weighted by atomic mass is 79.9. The standard InChI is InChI=1S/C13H17BrN2O3/c1-3-4-12(17)15-16-13(18)8-19-11-6-5-9(2)7-10(11)14/h5-7H,3-4,8H2,1-2H3,(H,15,17)(H,16,18). The van der Waals surface area contributed by atoms with Gasteiger partial charge in [-0.1, -0.05) is 13.0 Å². The number of hydrogen-bond acceptors (Lipinski definition) is 3. The summed E-state index contributed by atoms with van der Waals surface area (Å²) >= 11 is 3.35. The first-order chi connectivity index (χ1) is 9.02. The van der Waals surface area contributed by atoms with Crippen molar-refractivity contribution in [1.29, 1.82) is 0 Å². The Kier molecular flexibility index (Phi) is 6.35. The van der Waals surface area contributed by atoms with Crippen molar-refractivity contribution >= 4 is 27.7 Å². The molecule has 0 spiro atoms. The molecule has 0 bridgehead atoms. The fourth-order valence-corrected chi connectivity index (χ4v) is 1.94. The average Bonchev–Trinajstić information content (AvgIpc) is 2.35. The van der Waals surface area contributed by atoms with E-state index in [9.17, 15) is 9.59 Å². The molecule has 19 heavy (non-hydrogen) atoms. The number of carbonyl (C=O) groups is 2. The van der Waals surface area contributed by atoms with Gasteiger partial charge in [0, 0.05) is 6.42 Å². The minimum Gasteiger partial charge on any atom is -0.483 e. The van der Waals surface area contributed by atoms with Crippen LogP contribution in [-0.2, 0) is 9.59 Å². The van der Waals surface area contributed by atoms with Crippen molar-refractivity contribution in [2.24, 2.45) is 0 Å². The van der Waals surface area contributed by atoms with E-state index >= 15 is 0 Å². The van der Waals surface area contributed by atoms with Gasteiger partial charge in [-0.05, 0) is 47.0 Å². The highest BCUT2D eigenvalue weighted by molar-refractivity contribution is 9.10. The molecule has 1 aromatic carbocycles. The molecule has 0 saturated heterocycles. The number of hydrazine groups is 1. The molecule has 0 aromatic heterocycles. The summed E-state index contributed by atoms with van der Waals surface area (Å²) in [6.07, 6.45) is 1.11. The van der Waals surface area contributed by atoms with E-state index in [1.807, 2.05) is 26.0 Å². The predicted octanol–water partition coefficient (Wildman–Crippen LogP) is 2.08. The van der Waals surface area contributed by atoms with Crippen LogP contribution in [0.2, 0.25) is 0 Å². The number of halogens is 1. The second-order valence-electron chi connectivity index (χ2n) is 4.07. The van der Waals surface area contributed by atoms with Crippen molar-refractivity contribution in [2.45, 2.75) is 26.7 Å². The van der Waals surface area contributed by atoms with Crippen LogP contribution in [0.4, 0.5) is 0 Å². The normalized spacial score (nSPS) is 9.84. The van der Waals surface area contributed by atoms with Crippen LogP contribution < -0.4 is 15.6 Å². The zero-order chi connectivity index (χ0) is 14.3. The molecular weight excluding hydrogens is 312 g/mol. The zero-order valence-electron chi connectivity index (χ0n) is 11.0. The quantitative estimate of drug-likeness (QED) is 0.813. The Bertz CT molecular complexity index is 463. The summed E-state index contributed by atoms with van der Waals surface area (Å²) < 4.78 is 6.12. The molecule has 104 valence electrons. The molecule has 0 fully saturated rings. The van der Waals surface area contributed by atoms with Crippen molar-refractivity contribution in [3.05, 3.63) is 28.2 Å². The van der Waals surface area contributed by atoms with E-state index in [2.05, 4.69) is 26.8 Å². The first-order valence-corrected chi connectivity index (χ1v) is 6.79. The molecule has 0 atom stereocenters. The minimum atomic E-state index is -0.406. The van der Waals surface area contributed by atoms with Crippen molar-refractivity contribution in [1.82, 2.24) is 10.9 Å². The molecule has 0 aliphatic rings. The lowest BCUT2D eigenvalue weighted by Gasteiger charge is -2.10. The van der Waals surface area contributed by atoms with Crippen molar-refractivity contribution in [2.75, 3.05) is 6.61 Å². The summed E-state index contributed by atoms with van der Waals surface area (Å²) in [7, 11) is 0. The SMILES string of the molecule is CCCC(=O)NNC(=O)COc1ccc(C)cc1Br. The van der Waals surface area contributed by atoms with E-state index in [0.29, 0.717) is 12.2 Å². The van der Waals surface area contributed by atoms with Gasteiger partial charge in [0.15, 0.2) is 6.61 Å². The molecule has 2 amide bonds. The van der Waals surface area contributed by atoms with Gasteiger partial charge >= 0.3 is 0 Å². The maximum Gasteiger partial charge on any atom is 0.276 e. The van der Waals surface area contributed by atoms with Crippen LogP contribution in [0.3, 0.4) is 0 Å². The number of benzene rings is 1. The van der Waals surface area contributed by atoms with Crippen LogP contribution in [0.5, 0.6) is 5.75 Å². The van der Waals surface area contributed by atoms with E-state index in [1.165, 1.54) is 0 Å². The molecule has 0 radical (unpaired) electrons. The Labute approximate surface area is 120 Å². The lowest BCUT2D eigenvalue weighted by Crippen LogP contribution is -2.43. The third kappa shape index (κ3) is 5.74. The molecular formula is C13H17BrN2O3. The van der Waals surface area contributed by atoms with E-state index < -0.39 is 5.91 Å². The van der Waals surface area contributed by atoms with Crippen molar-refractivity contribution in [3.63, 3.8) is 0 Å². The smallest absolute Gasteiger partial charge is 0.276 e. The molecule has 0 unspecified atom stereocenters. The van der Waals surface area contributed by atoms with Gasteiger partial charge in [-0.3, -0.25) is 20.4 Å². The van der Waals surface area contributed by atoms with Gasteiger partial charge < -0.3 is 4.74 Å². The molecule has 6 heteroatoms. The molecule has 1 rings (SSSR count). The summed E-state index contributed by atoms with van der Waals surface area (Å²) in [6, 6.07) is 5.57. The second kappa shape index (κ2) is 7.78. The highest BCUT2D eigenvalue weighted by Crippen LogP contribution is 2.25. The topological polar surface area (TPSA) is 67.4 Å². The molecule has 1 aromatic rings. The molecule has 2 N–H and O–H groups in total. The average molecular weight is 329 g/mol. The van der Waals surface area contributed by atoms with Crippen LogP contribution in [0.25, 0.3) is 0 Å². The van der Waals surface area contributed by atoms with Crippen LogP contribution >= 0.6 is 15.9 Å². The fraction of sp³-hybridized carbons (Fsp3) is 0.385. The third-order valence-corrected chi connectivity index (χ3v) is 2.88. The summed E-state index contributed by atoms with van der Waals surface area (Å²) in [4.78, 5) is 22.6. The summed E-state index contributed by atoms with van der Waals surface area (Å²) in [5.74, 6) is -0.0371. The number of hydrogen-bond donors (Lipinski definition) is 2. The van der Waals surface area contributed by atoms with Crippen LogP contribution in [0, 0.1) is 6.92 Å². The molecule has 0 aliphatic carbocycles. The minimum absolute atomic E-state index is 0.159. The van der Waals surface area contributed by atoms with E-state index in [-0.39, 0.29) is 12.5 Å². The predicted molar refractivity (Wildman–Crippen MR) is 75.6 cm³/mol.